The minimum absolute atomic E-state index is 0.0239. The van der Waals surface area contributed by atoms with Gasteiger partial charge in [-0.2, -0.15) is 0 Å². The van der Waals surface area contributed by atoms with E-state index in [9.17, 15) is 4.79 Å². The molecule has 3 rings (SSSR count). The number of halogens is 1. The SMILES string of the molecule is O=C(CC1CNc2ccccc21)Nc1ccc(Cl)cc1. The lowest BCUT2D eigenvalue weighted by Crippen LogP contribution is -2.16. The van der Waals surface area contributed by atoms with Gasteiger partial charge in [0.25, 0.3) is 0 Å². The van der Waals surface area contributed by atoms with Crippen LogP contribution in [0, 0.1) is 0 Å². The van der Waals surface area contributed by atoms with Gasteiger partial charge < -0.3 is 10.6 Å². The first-order valence-corrected chi connectivity index (χ1v) is 6.98. The lowest BCUT2D eigenvalue weighted by atomic mass is 9.97. The lowest BCUT2D eigenvalue weighted by Gasteiger charge is -2.10. The Kier molecular flexibility index (Phi) is 3.61. The van der Waals surface area contributed by atoms with Crippen molar-refractivity contribution in [3.8, 4) is 0 Å². The Bertz CT molecular complexity index is 625. The maximum atomic E-state index is 12.1. The number of anilines is 2. The van der Waals surface area contributed by atoms with Gasteiger partial charge in [-0.05, 0) is 35.9 Å². The van der Waals surface area contributed by atoms with Crippen molar-refractivity contribution in [2.75, 3.05) is 17.2 Å². The summed E-state index contributed by atoms with van der Waals surface area (Å²) in [5.74, 6) is 0.259. The van der Waals surface area contributed by atoms with E-state index in [-0.39, 0.29) is 11.8 Å². The normalized spacial score (nSPS) is 16.4. The predicted molar refractivity (Wildman–Crippen MR) is 82.4 cm³/mol. The average molecular weight is 287 g/mol. The zero-order chi connectivity index (χ0) is 13.9. The van der Waals surface area contributed by atoms with Crippen LogP contribution in [-0.4, -0.2) is 12.5 Å². The van der Waals surface area contributed by atoms with Crippen molar-refractivity contribution < 1.29 is 4.79 Å². The number of fused-ring (bicyclic) bond motifs is 1. The predicted octanol–water partition coefficient (Wildman–Crippen LogP) is 3.88. The molecule has 3 nitrogen and oxygen atoms in total. The van der Waals surface area contributed by atoms with E-state index >= 15 is 0 Å². The molecule has 1 aliphatic rings. The monoisotopic (exact) mass is 286 g/mol. The highest BCUT2D eigenvalue weighted by atomic mass is 35.5. The Morgan fingerprint density at radius 1 is 1.20 bits per heavy atom. The molecule has 0 saturated heterocycles. The Labute approximate surface area is 123 Å². The molecule has 0 aromatic heterocycles. The first-order valence-electron chi connectivity index (χ1n) is 6.60. The van der Waals surface area contributed by atoms with E-state index in [1.807, 2.05) is 18.2 Å². The van der Waals surface area contributed by atoms with E-state index in [2.05, 4.69) is 16.7 Å². The van der Waals surface area contributed by atoms with Crippen LogP contribution >= 0.6 is 11.6 Å². The van der Waals surface area contributed by atoms with E-state index < -0.39 is 0 Å². The summed E-state index contributed by atoms with van der Waals surface area (Å²) in [7, 11) is 0. The van der Waals surface area contributed by atoms with Crippen molar-refractivity contribution in [3.63, 3.8) is 0 Å². The number of nitrogens with one attached hydrogen (secondary N) is 2. The van der Waals surface area contributed by atoms with Gasteiger partial charge in [-0.25, -0.2) is 0 Å². The first-order chi connectivity index (χ1) is 9.72. The van der Waals surface area contributed by atoms with E-state index in [0.29, 0.717) is 11.4 Å². The fraction of sp³-hybridized carbons (Fsp3) is 0.188. The van der Waals surface area contributed by atoms with Gasteiger partial charge >= 0.3 is 0 Å². The Morgan fingerprint density at radius 2 is 1.95 bits per heavy atom. The number of amides is 1. The topological polar surface area (TPSA) is 41.1 Å². The van der Waals surface area contributed by atoms with Crippen LogP contribution in [0.1, 0.15) is 17.9 Å². The summed E-state index contributed by atoms with van der Waals surface area (Å²) in [5.41, 5.74) is 3.13. The third kappa shape index (κ3) is 2.78. The van der Waals surface area contributed by atoms with Crippen LogP contribution in [0.2, 0.25) is 5.02 Å². The van der Waals surface area contributed by atoms with Crippen molar-refractivity contribution in [1.82, 2.24) is 0 Å². The van der Waals surface area contributed by atoms with Crippen LogP contribution in [0.15, 0.2) is 48.5 Å². The van der Waals surface area contributed by atoms with E-state index in [1.165, 1.54) is 5.56 Å². The summed E-state index contributed by atoms with van der Waals surface area (Å²) in [6.07, 6.45) is 0.479. The Morgan fingerprint density at radius 3 is 2.75 bits per heavy atom. The minimum Gasteiger partial charge on any atom is -0.384 e. The number of rotatable bonds is 3. The molecule has 0 saturated carbocycles. The highest BCUT2D eigenvalue weighted by Gasteiger charge is 2.23. The van der Waals surface area contributed by atoms with Gasteiger partial charge in [0.1, 0.15) is 0 Å². The van der Waals surface area contributed by atoms with Crippen LogP contribution < -0.4 is 10.6 Å². The Hall–Kier alpha value is -2.00. The molecule has 0 aliphatic carbocycles. The molecular weight excluding hydrogens is 272 g/mol. The molecular formula is C16H15ClN2O. The van der Waals surface area contributed by atoms with Crippen LogP contribution in [0.3, 0.4) is 0 Å². The smallest absolute Gasteiger partial charge is 0.225 e. The molecule has 1 unspecified atom stereocenters. The molecule has 0 spiro atoms. The van der Waals surface area contributed by atoms with Crippen LogP contribution in [0.25, 0.3) is 0 Å². The minimum atomic E-state index is 0.0239. The molecule has 1 heterocycles. The third-order valence-electron chi connectivity index (χ3n) is 3.50. The molecule has 2 aromatic carbocycles. The molecule has 1 amide bonds. The number of hydrogen-bond acceptors (Lipinski definition) is 2. The summed E-state index contributed by atoms with van der Waals surface area (Å²) in [6.45, 7) is 0.813. The summed E-state index contributed by atoms with van der Waals surface area (Å²) in [6, 6.07) is 15.3. The quantitative estimate of drug-likeness (QED) is 0.899. The number of carbonyl (C=O) groups excluding carboxylic acids is 1. The molecule has 0 bridgehead atoms. The summed E-state index contributed by atoms with van der Waals surface area (Å²) >= 11 is 5.82. The second-order valence-electron chi connectivity index (χ2n) is 4.92. The van der Waals surface area contributed by atoms with E-state index in [0.717, 1.165) is 17.9 Å². The number of para-hydroxylation sites is 1. The molecule has 1 atom stereocenters. The molecule has 0 fully saturated rings. The number of benzene rings is 2. The van der Waals surface area contributed by atoms with Crippen LogP contribution in [0.4, 0.5) is 11.4 Å². The molecule has 2 aromatic rings. The van der Waals surface area contributed by atoms with Crippen molar-refractivity contribution in [2.45, 2.75) is 12.3 Å². The highest BCUT2D eigenvalue weighted by Crippen LogP contribution is 2.33. The largest absolute Gasteiger partial charge is 0.384 e. The summed E-state index contributed by atoms with van der Waals surface area (Å²) in [5, 5.41) is 6.89. The van der Waals surface area contributed by atoms with Crippen molar-refractivity contribution in [1.29, 1.82) is 0 Å². The van der Waals surface area contributed by atoms with E-state index in [1.54, 1.807) is 24.3 Å². The van der Waals surface area contributed by atoms with Gasteiger partial charge in [0, 0.05) is 35.3 Å². The molecule has 0 radical (unpaired) electrons. The number of carbonyl (C=O) groups is 1. The zero-order valence-corrected chi connectivity index (χ0v) is 11.7. The van der Waals surface area contributed by atoms with Gasteiger partial charge in [0.05, 0.1) is 0 Å². The van der Waals surface area contributed by atoms with Gasteiger partial charge in [0.2, 0.25) is 5.91 Å². The first kappa shape index (κ1) is 13.0. The van der Waals surface area contributed by atoms with Crippen molar-refractivity contribution >= 4 is 28.9 Å². The fourth-order valence-corrected chi connectivity index (χ4v) is 2.63. The van der Waals surface area contributed by atoms with Gasteiger partial charge in [0.15, 0.2) is 0 Å². The van der Waals surface area contributed by atoms with Crippen molar-refractivity contribution in [2.24, 2.45) is 0 Å². The average Bonchev–Trinajstić information content (AvgIpc) is 2.85. The molecule has 20 heavy (non-hydrogen) atoms. The molecule has 1 aliphatic heterocycles. The molecule has 102 valence electrons. The van der Waals surface area contributed by atoms with Crippen LogP contribution in [-0.2, 0) is 4.79 Å². The molecule has 2 N–H and O–H groups in total. The highest BCUT2D eigenvalue weighted by molar-refractivity contribution is 6.30. The second-order valence-corrected chi connectivity index (χ2v) is 5.36. The fourth-order valence-electron chi connectivity index (χ4n) is 2.51. The number of hydrogen-bond donors (Lipinski definition) is 2. The maximum Gasteiger partial charge on any atom is 0.225 e. The van der Waals surface area contributed by atoms with Crippen LogP contribution in [0.5, 0.6) is 0 Å². The summed E-state index contributed by atoms with van der Waals surface area (Å²) < 4.78 is 0. The maximum absolute atomic E-state index is 12.1. The van der Waals surface area contributed by atoms with E-state index in [4.69, 9.17) is 11.6 Å². The van der Waals surface area contributed by atoms with Gasteiger partial charge in [-0.3, -0.25) is 4.79 Å². The standard InChI is InChI=1S/C16H15ClN2O/c17-12-5-7-13(8-6-12)19-16(20)9-11-10-18-15-4-2-1-3-14(11)15/h1-8,11,18H,9-10H2,(H,19,20). The second kappa shape index (κ2) is 5.55. The molecule has 4 heteroatoms. The summed E-state index contributed by atoms with van der Waals surface area (Å²) in [4.78, 5) is 12.1. The van der Waals surface area contributed by atoms with Crippen molar-refractivity contribution in [3.05, 3.63) is 59.1 Å². The Balaban J connectivity index is 1.64. The van der Waals surface area contributed by atoms with Gasteiger partial charge in [-0.1, -0.05) is 29.8 Å². The van der Waals surface area contributed by atoms with Gasteiger partial charge in [-0.15, -0.1) is 0 Å². The zero-order valence-electron chi connectivity index (χ0n) is 10.9. The lowest BCUT2D eigenvalue weighted by molar-refractivity contribution is -0.116. The third-order valence-corrected chi connectivity index (χ3v) is 3.75.